The zero-order chi connectivity index (χ0) is 16.2. The molecule has 1 aliphatic rings. The van der Waals surface area contributed by atoms with Crippen LogP contribution in [-0.2, 0) is 11.2 Å². The van der Waals surface area contributed by atoms with Crippen LogP contribution in [0.1, 0.15) is 24.1 Å². The molecule has 3 rings (SSSR count). The molecule has 0 saturated carbocycles. The number of hydrogen-bond donors (Lipinski definition) is 2. The first-order valence-electron chi connectivity index (χ1n) is 7.67. The van der Waals surface area contributed by atoms with Crippen LogP contribution in [0.25, 0.3) is 0 Å². The summed E-state index contributed by atoms with van der Waals surface area (Å²) in [6, 6.07) is 12.6. The summed E-state index contributed by atoms with van der Waals surface area (Å²) in [5.74, 6) is 0.373. The topological polar surface area (TPSA) is 50.4 Å². The monoisotopic (exact) mass is 314 g/mol. The van der Waals surface area contributed by atoms with Crippen LogP contribution in [0.3, 0.4) is 0 Å². The Labute approximate surface area is 134 Å². The van der Waals surface area contributed by atoms with E-state index in [0.29, 0.717) is 30.0 Å². The van der Waals surface area contributed by atoms with E-state index in [0.717, 1.165) is 5.56 Å². The van der Waals surface area contributed by atoms with Gasteiger partial charge in [-0.05, 0) is 49.2 Å². The summed E-state index contributed by atoms with van der Waals surface area (Å²) in [6.45, 7) is 2.76. The van der Waals surface area contributed by atoms with Crippen LogP contribution in [-0.4, -0.2) is 19.1 Å². The first kappa shape index (κ1) is 15.5. The molecule has 1 aliphatic heterocycles. The van der Waals surface area contributed by atoms with Crippen molar-refractivity contribution in [1.29, 1.82) is 0 Å². The largest absolute Gasteiger partial charge is 0.482 e. The second-order valence-corrected chi connectivity index (χ2v) is 5.61. The number of carbonyl (C=O) groups excluding carboxylic acids is 1. The second kappa shape index (κ2) is 6.79. The molecule has 0 aliphatic carbocycles. The highest BCUT2D eigenvalue weighted by molar-refractivity contribution is 5.95. The van der Waals surface area contributed by atoms with Gasteiger partial charge in [0.2, 0.25) is 0 Å². The fraction of sp³-hybridized carbons (Fsp3) is 0.278. The maximum absolute atomic E-state index is 13.6. The van der Waals surface area contributed by atoms with E-state index in [2.05, 4.69) is 10.6 Å². The van der Waals surface area contributed by atoms with Gasteiger partial charge in [-0.1, -0.05) is 24.3 Å². The third kappa shape index (κ3) is 3.68. The Bertz CT molecular complexity index is 718. The van der Waals surface area contributed by atoms with Gasteiger partial charge in [0.1, 0.15) is 11.6 Å². The molecule has 1 unspecified atom stereocenters. The van der Waals surface area contributed by atoms with Crippen LogP contribution in [0.15, 0.2) is 42.5 Å². The highest BCUT2D eigenvalue weighted by Gasteiger charge is 2.17. The van der Waals surface area contributed by atoms with E-state index in [1.165, 1.54) is 6.07 Å². The zero-order valence-electron chi connectivity index (χ0n) is 12.9. The lowest BCUT2D eigenvalue weighted by molar-refractivity contribution is -0.118. The molecule has 5 heteroatoms. The van der Waals surface area contributed by atoms with E-state index in [1.807, 2.05) is 31.2 Å². The first-order chi connectivity index (χ1) is 11.1. The second-order valence-electron chi connectivity index (χ2n) is 5.61. The number of nitrogens with one attached hydrogen (secondary N) is 2. The van der Waals surface area contributed by atoms with Crippen molar-refractivity contribution in [3.8, 4) is 5.75 Å². The molecule has 0 fully saturated rings. The van der Waals surface area contributed by atoms with Gasteiger partial charge in [-0.3, -0.25) is 4.79 Å². The number of amides is 1. The maximum atomic E-state index is 13.6. The van der Waals surface area contributed by atoms with Gasteiger partial charge in [0.25, 0.3) is 5.91 Å². The van der Waals surface area contributed by atoms with E-state index in [9.17, 15) is 9.18 Å². The molecule has 1 atom stereocenters. The predicted octanol–water partition coefficient (Wildman–Crippen LogP) is 3.05. The fourth-order valence-electron chi connectivity index (χ4n) is 2.61. The molecule has 0 saturated heterocycles. The molecule has 0 bridgehead atoms. The Morgan fingerprint density at radius 2 is 2.13 bits per heavy atom. The van der Waals surface area contributed by atoms with Crippen molar-refractivity contribution in [2.75, 3.05) is 18.5 Å². The highest BCUT2D eigenvalue weighted by Crippen LogP contribution is 2.30. The normalized spacial score (nSPS) is 14.6. The Morgan fingerprint density at radius 3 is 2.96 bits per heavy atom. The highest BCUT2D eigenvalue weighted by atomic mass is 19.1. The van der Waals surface area contributed by atoms with Crippen molar-refractivity contribution in [3.05, 3.63) is 59.4 Å². The summed E-state index contributed by atoms with van der Waals surface area (Å²) in [4.78, 5) is 11.4. The van der Waals surface area contributed by atoms with Gasteiger partial charge in [-0.25, -0.2) is 4.39 Å². The third-order valence-electron chi connectivity index (χ3n) is 3.94. The van der Waals surface area contributed by atoms with Crippen molar-refractivity contribution in [2.45, 2.75) is 19.4 Å². The van der Waals surface area contributed by atoms with Crippen LogP contribution >= 0.6 is 0 Å². The van der Waals surface area contributed by atoms with Crippen molar-refractivity contribution < 1.29 is 13.9 Å². The number of hydrogen-bond acceptors (Lipinski definition) is 3. The molecule has 0 spiro atoms. The molecule has 4 nitrogen and oxygen atoms in total. The number of carbonyl (C=O) groups is 1. The standard InChI is InChI=1S/C18H19FN2O2/c1-12(20-9-8-13-4-2-3-5-15(13)19)14-6-7-17-16(10-14)21-18(22)11-23-17/h2-7,10,12,20H,8-9,11H2,1H3,(H,21,22). The molecule has 1 amide bonds. The van der Waals surface area contributed by atoms with Gasteiger partial charge >= 0.3 is 0 Å². The van der Waals surface area contributed by atoms with E-state index < -0.39 is 0 Å². The number of rotatable bonds is 5. The van der Waals surface area contributed by atoms with Crippen molar-refractivity contribution >= 4 is 11.6 Å². The van der Waals surface area contributed by atoms with E-state index >= 15 is 0 Å². The quantitative estimate of drug-likeness (QED) is 0.892. The molecular weight excluding hydrogens is 295 g/mol. The smallest absolute Gasteiger partial charge is 0.262 e. The molecular formula is C18H19FN2O2. The zero-order valence-corrected chi connectivity index (χ0v) is 12.9. The van der Waals surface area contributed by atoms with Crippen LogP contribution in [0.4, 0.5) is 10.1 Å². The number of ether oxygens (including phenoxy) is 1. The van der Waals surface area contributed by atoms with Crippen LogP contribution in [0, 0.1) is 5.82 Å². The number of halogens is 1. The summed E-state index contributed by atoms with van der Waals surface area (Å²) < 4.78 is 18.9. The van der Waals surface area contributed by atoms with Gasteiger partial charge < -0.3 is 15.4 Å². The Hall–Kier alpha value is -2.40. The molecule has 2 aromatic carbocycles. The summed E-state index contributed by atoms with van der Waals surface area (Å²) in [5, 5.41) is 6.18. The summed E-state index contributed by atoms with van der Waals surface area (Å²) >= 11 is 0. The summed E-state index contributed by atoms with van der Waals surface area (Å²) in [7, 11) is 0. The Morgan fingerprint density at radius 1 is 1.30 bits per heavy atom. The lowest BCUT2D eigenvalue weighted by atomic mass is 10.1. The van der Waals surface area contributed by atoms with E-state index in [4.69, 9.17) is 4.74 Å². The number of benzene rings is 2. The molecule has 2 N–H and O–H groups in total. The van der Waals surface area contributed by atoms with E-state index in [-0.39, 0.29) is 24.4 Å². The maximum Gasteiger partial charge on any atom is 0.262 e. The summed E-state index contributed by atoms with van der Waals surface area (Å²) in [6.07, 6.45) is 0.627. The third-order valence-corrected chi connectivity index (χ3v) is 3.94. The molecule has 1 heterocycles. The van der Waals surface area contributed by atoms with Gasteiger partial charge in [0.15, 0.2) is 6.61 Å². The molecule has 120 valence electrons. The summed E-state index contributed by atoms with van der Waals surface area (Å²) in [5.41, 5.74) is 2.45. The minimum atomic E-state index is -0.171. The van der Waals surface area contributed by atoms with Gasteiger partial charge in [0, 0.05) is 6.04 Å². The first-order valence-corrected chi connectivity index (χ1v) is 7.67. The van der Waals surface area contributed by atoms with Gasteiger partial charge in [0.05, 0.1) is 5.69 Å². The van der Waals surface area contributed by atoms with Crippen LogP contribution in [0.2, 0.25) is 0 Å². The minimum Gasteiger partial charge on any atom is -0.482 e. The molecule has 0 radical (unpaired) electrons. The van der Waals surface area contributed by atoms with Gasteiger partial charge in [-0.15, -0.1) is 0 Å². The SMILES string of the molecule is CC(NCCc1ccccc1F)c1ccc2c(c1)NC(=O)CO2. The molecule has 23 heavy (non-hydrogen) atoms. The van der Waals surface area contributed by atoms with Crippen LogP contribution < -0.4 is 15.4 Å². The van der Waals surface area contributed by atoms with Gasteiger partial charge in [-0.2, -0.15) is 0 Å². The number of fused-ring (bicyclic) bond motifs is 1. The van der Waals surface area contributed by atoms with Crippen molar-refractivity contribution in [3.63, 3.8) is 0 Å². The van der Waals surface area contributed by atoms with Crippen LogP contribution in [0.5, 0.6) is 5.75 Å². The number of anilines is 1. The van der Waals surface area contributed by atoms with Crippen molar-refractivity contribution in [1.82, 2.24) is 5.32 Å². The fourth-order valence-corrected chi connectivity index (χ4v) is 2.61. The van der Waals surface area contributed by atoms with E-state index in [1.54, 1.807) is 12.1 Å². The lowest BCUT2D eigenvalue weighted by Gasteiger charge is -2.21. The average Bonchev–Trinajstić information content (AvgIpc) is 2.55. The average molecular weight is 314 g/mol. The molecule has 2 aromatic rings. The Kier molecular flexibility index (Phi) is 4.57. The van der Waals surface area contributed by atoms with Crippen molar-refractivity contribution in [2.24, 2.45) is 0 Å². The molecule has 0 aromatic heterocycles. The minimum absolute atomic E-state index is 0.0583. The lowest BCUT2D eigenvalue weighted by Crippen LogP contribution is -2.26. The Balaban J connectivity index is 1.60. The predicted molar refractivity (Wildman–Crippen MR) is 87.1 cm³/mol.